The molecule has 0 bridgehead atoms. The van der Waals surface area contributed by atoms with Gasteiger partial charge in [-0.25, -0.2) is 9.38 Å². The molecule has 0 amide bonds. The number of benzene rings is 2. The van der Waals surface area contributed by atoms with Gasteiger partial charge in [-0.3, -0.25) is 4.90 Å². The molecule has 0 saturated carbocycles. The summed E-state index contributed by atoms with van der Waals surface area (Å²) in [5.74, 6) is 1.17. The van der Waals surface area contributed by atoms with Gasteiger partial charge in [0.15, 0.2) is 17.5 Å². The monoisotopic (exact) mass is 414 g/mol. The van der Waals surface area contributed by atoms with Gasteiger partial charge in [0, 0.05) is 32.2 Å². The molecule has 0 atom stereocenters. The summed E-state index contributed by atoms with van der Waals surface area (Å²) >= 11 is 0. The second-order valence-corrected chi connectivity index (χ2v) is 7.52. The highest BCUT2D eigenvalue weighted by molar-refractivity contribution is 5.80. The number of aromatic hydroxyl groups is 1. The number of piperidine rings is 1. The zero-order chi connectivity index (χ0) is 21.3. The molecule has 30 heavy (non-hydrogen) atoms. The first-order chi connectivity index (χ1) is 14.6. The lowest BCUT2D eigenvalue weighted by Gasteiger charge is -2.33. The van der Waals surface area contributed by atoms with Crippen LogP contribution in [0, 0.1) is 5.82 Å². The molecule has 1 saturated heterocycles. The number of hydrogen-bond donors (Lipinski definition) is 3. The molecular formula is C23H31FN4O2. The molecule has 2 aromatic carbocycles. The third-order valence-electron chi connectivity index (χ3n) is 5.26. The minimum absolute atomic E-state index is 0.122. The Morgan fingerprint density at radius 2 is 1.87 bits per heavy atom. The lowest BCUT2D eigenvalue weighted by atomic mass is 10.0. The quantitative estimate of drug-likeness (QED) is 0.479. The first kappa shape index (κ1) is 21.9. The SMILES string of the molecule is CCNC(=NCc1ccc(OC)c(O)c1)NC1CCN(Cc2ccc(F)cc2)CC1. The summed E-state index contributed by atoms with van der Waals surface area (Å²) in [5.41, 5.74) is 2.06. The summed E-state index contributed by atoms with van der Waals surface area (Å²) in [5, 5.41) is 16.8. The first-order valence-corrected chi connectivity index (χ1v) is 10.4. The van der Waals surface area contributed by atoms with Crippen molar-refractivity contribution in [2.24, 2.45) is 4.99 Å². The molecule has 1 aliphatic heterocycles. The van der Waals surface area contributed by atoms with Gasteiger partial charge in [0.25, 0.3) is 0 Å². The van der Waals surface area contributed by atoms with E-state index in [0.717, 1.165) is 56.1 Å². The van der Waals surface area contributed by atoms with Gasteiger partial charge in [-0.2, -0.15) is 0 Å². The molecule has 0 spiro atoms. The molecule has 1 aliphatic rings. The average molecular weight is 415 g/mol. The van der Waals surface area contributed by atoms with E-state index in [9.17, 15) is 9.50 Å². The summed E-state index contributed by atoms with van der Waals surface area (Å²) in [6, 6.07) is 12.4. The number of halogens is 1. The minimum Gasteiger partial charge on any atom is -0.504 e. The van der Waals surface area contributed by atoms with Gasteiger partial charge < -0.3 is 20.5 Å². The number of phenols is 1. The molecule has 2 aromatic rings. The Bertz CT molecular complexity index is 834. The molecule has 3 rings (SSSR count). The Balaban J connectivity index is 1.51. The zero-order valence-electron chi connectivity index (χ0n) is 17.7. The fourth-order valence-corrected chi connectivity index (χ4v) is 3.60. The Morgan fingerprint density at radius 1 is 1.17 bits per heavy atom. The van der Waals surface area contributed by atoms with Crippen molar-refractivity contribution in [3.05, 3.63) is 59.4 Å². The van der Waals surface area contributed by atoms with Crippen molar-refractivity contribution in [1.29, 1.82) is 0 Å². The van der Waals surface area contributed by atoms with Gasteiger partial charge in [-0.15, -0.1) is 0 Å². The molecule has 0 radical (unpaired) electrons. The normalized spacial score (nSPS) is 15.8. The van der Waals surface area contributed by atoms with Crippen LogP contribution < -0.4 is 15.4 Å². The molecule has 3 N–H and O–H groups in total. The van der Waals surface area contributed by atoms with Crippen LogP contribution in [0.25, 0.3) is 0 Å². The summed E-state index contributed by atoms with van der Waals surface area (Å²) in [6.45, 7) is 6.12. The summed E-state index contributed by atoms with van der Waals surface area (Å²) in [6.07, 6.45) is 2.05. The van der Waals surface area contributed by atoms with E-state index in [1.165, 1.54) is 19.2 Å². The predicted octanol–water partition coefficient (Wildman–Crippen LogP) is 3.26. The van der Waals surface area contributed by atoms with E-state index >= 15 is 0 Å². The molecule has 0 aliphatic carbocycles. The standard InChI is InChI=1S/C23H31FN4O2/c1-3-25-23(26-15-18-6-9-22(30-2)21(29)14-18)27-20-10-12-28(13-11-20)16-17-4-7-19(24)8-5-17/h4-9,14,20,29H,3,10-13,15-16H2,1-2H3,(H2,25,26,27). The topological polar surface area (TPSA) is 69.1 Å². The number of ether oxygens (including phenoxy) is 1. The Labute approximate surface area is 177 Å². The number of hydrogen-bond acceptors (Lipinski definition) is 4. The number of methoxy groups -OCH3 is 1. The number of guanidine groups is 1. The van der Waals surface area contributed by atoms with Gasteiger partial charge in [0.05, 0.1) is 13.7 Å². The number of aliphatic imine (C=N–C) groups is 1. The van der Waals surface area contributed by atoms with Crippen LogP contribution in [0.3, 0.4) is 0 Å². The average Bonchev–Trinajstić information content (AvgIpc) is 2.75. The van der Waals surface area contributed by atoms with Crippen molar-refractivity contribution in [3.63, 3.8) is 0 Å². The van der Waals surface area contributed by atoms with Crippen LogP contribution in [0.1, 0.15) is 30.9 Å². The zero-order valence-corrected chi connectivity index (χ0v) is 17.7. The van der Waals surface area contributed by atoms with E-state index in [1.807, 2.05) is 25.1 Å². The van der Waals surface area contributed by atoms with Crippen LogP contribution in [0.2, 0.25) is 0 Å². The number of nitrogens with one attached hydrogen (secondary N) is 2. The van der Waals surface area contributed by atoms with Crippen molar-refractivity contribution < 1.29 is 14.2 Å². The fourth-order valence-electron chi connectivity index (χ4n) is 3.60. The highest BCUT2D eigenvalue weighted by atomic mass is 19.1. The highest BCUT2D eigenvalue weighted by Gasteiger charge is 2.20. The Hall–Kier alpha value is -2.80. The molecule has 1 fully saturated rings. The van der Waals surface area contributed by atoms with Crippen LogP contribution >= 0.6 is 0 Å². The van der Waals surface area contributed by atoms with E-state index in [4.69, 9.17) is 4.74 Å². The van der Waals surface area contributed by atoms with E-state index in [1.54, 1.807) is 12.1 Å². The van der Waals surface area contributed by atoms with Crippen LogP contribution in [0.5, 0.6) is 11.5 Å². The molecule has 0 aromatic heterocycles. The number of likely N-dealkylation sites (tertiary alicyclic amines) is 1. The predicted molar refractivity (Wildman–Crippen MR) is 117 cm³/mol. The number of rotatable bonds is 7. The van der Waals surface area contributed by atoms with E-state index < -0.39 is 0 Å². The van der Waals surface area contributed by atoms with Gasteiger partial charge >= 0.3 is 0 Å². The third kappa shape index (κ3) is 6.35. The molecule has 1 heterocycles. The Morgan fingerprint density at radius 3 is 2.50 bits per heavy atom. The van der Waals surface area contributed by atoms with Crippen molar-refractivity contribution in [2.45, 2.75) is 38.9 Å². The van der Waals surface area contributed by atoms with Crippen molar-refractivity contribution in [1.82, 2.24) is 15.5 Å². The largest absolute Gasteiger partial charge is 0.504 e. The van der Waals surface area contributed by atoms with E-state index in [0.29, 0.717) is 18.3 Å². The second kappa shape index (κ2) is 10.8. The van der Waals surface area contributed by atoms with Crippen molar-refractivity contribution >= 4 is 5.96 Å². The highest BCUT2D eigenvalue weighted by Crippen LogP contribution is 2.26. The van der Waals surface area contributed by atoms with Gasteiger partial charge in [-0.05, 0) is 55.2 Å². The number of nitrogens with zero attached hydrogens (tertiary/aromatic N) is 2. The van der Waals surface area contributed by atoms with Crippen molar-refractivity contribution in [2.75, 3.05) is 26.7 Å². The van der Waals surface area contributed by atoms with E-state index in [2.05, 4.69) is 20.5 Å². The molecule has 0 unspecified atom stereocenters. The maximum absolute atomic E-state index is 13.1. The molecular weight excluding hydrogens is 383 g/mol. The summed E-state index contributed by atoms with van der Waals surface area (Å²) in [7, 11) is 1.53. The lowest BCUT2D eigenvalue weighted by Crippen LogP contribution is -2.48. The molecule has 162 valence electrons. The Kier molecular flexibility index (Phi) is 7.90. The molecule has 7 heteroatoms. The third-order valence-corrected chi connectivity index (χ3v) is 5.26. The number of phenolic OH excluding ortho intramolecular Hbond substituents is 1. The van der Waals surface area contributed by atoms with Gasteiger partial charge in [0.1, 0.15) is 5.82 Å². The van der Waals surface area contributed by atoms with Gasteiger partial charge in [0.2, 0.25) is 0 Å². The van der Waals surface area contributed by atoms with Crippen molar-refractivity contribution in [3.8, 4) is 11.5 Å². The maximum atomic E-state index is 13.1. The van der Waals surface area contributed by atoms with Crippen LogP contribution in [-0.2, 0) is 13.1 Å². The smallest absolute Gasteiger partial charge is 0.191 e. The lowest BCUT2D eigenvalue weighted by molar-refractivity contribution is 0.198. The summed E-state index contributed by atoms with van der Waals surface area (Å²) in [4.78, 5) is 7.06. The van der Waals surface area contributed by atoms with Gasteiger partial charge in [-0.1, -0.05) is 18.2 Å². The fraction of sp³-hybridized carbons (Fsp3) is 0.435. The second-order valence-electron chi connectivity index (χ2n) is 7.52. The molecule has 6 nitrogen and oxygen atoms in total. The van der Waals surface area contributed by atoms with Crippen LogP contribution in [0.15, 0.2) is 47.5 Å². The van der Waals surface area contributed by atoms with Crippen LogP contribution in [0.4, 0.5) is 4.39 Å². The maximum Gasteiger partial charge on any atom is 0.191 e. The summed E-state index contributed by atoms with van der Waals surface area (Å²) < 4.78 is 18.2. The minimum atomic E-state index is -0.193. The van der Waals surface area contributed by atoms with E-state index in [-0.39, 0.29) is 11.6 Å². The van der Waals surface area contributed by atoms with Crippen LogP contribution in [-0.4, -0.2) is 48.8 Å². The first-order valence-electron chi connectivity index (χ1n) is 10.4.